The fraction of sp³-hybridized carbons (Fsp3) is 0.588. The quantitative estimate of drug-likeness (QED) is 0.663. The Hall–Kier alpha value is -1.55. The van der Waals surface area contributed by atoms with Crippen molar-refractivity contribution < 1.29 is 4.79 Å². The van der Waals surface area contributed by atoms with Gasteiger partial charge in [-0.15, -0.1) is 0 Å². The minimum absolute atomic E-state index is 0.0244. The van der Waals surface area contributed by atoms with Crippen LogP contribution in [0, 0.1) is 0 Å². The molecule has 3 N–H and O–H groups in total. The number of hydrogen-bond acceptors (Lipinski definition) is 4. The van der Waals surface area contributed by atoms with Crippen molar-refractivity contribution in [3.63, 3.8) is 0 Å². The first-order valence-corrected chi connectivity index (χ1v) is 7.93. The maximum atomic E-state index is 11.6. The van der Waals surface area contributed by atoms with E-state index in [1.165, 1.54) is 32.1 Å². The lowest BCUT2D eigenvalue weighted by atomic mass is 9.82. The van der Waals surface area contributed by atoms with E-state index in [2.05, 4.69) is 17.3 Å². The molecule has 4 heteroatoms. The van der Waals surface area contributed by atoms with Crippen molar-refractivity contribution in [2.24, 2.45) is 0 Å². The van der Waals surface area contributed by atoms with Crippen LogP contribution in [0.2, 0.25) is 0 Å². The molecule has 2 atom stereocenters. The van der Waals surface area contributed by atoms with Gasteiger partial charge in [0, 0.05) is 35.1 Å². The second-order valence-corrected chi connectivity index (χ2v) is 6.57. The molecule has 2 heterocycles. The average Bonchev–Trinajstić information content (AvgIpc) is 2.42. The van der Waals surface area contributed by atoms with Gasteiger partial charge in [0.25, 0.3) is 0 Å². The lowest BCUT2D eigenvalue weighted by Crippen LogP contribution is -2.52. The molecule has 0 aromatic heterocycles. The van der Waals surface area contributed by atoms with Gasteiger partial charge in [0.15, 0.2) is 5.78 Å². The topological polar surface area (TPSA) is 58.4 Å². The maximum absolute atomic E-state index is 11.6. The summed E-state index contributed by atoms with van der Waals surface area (Å²) in [4.78, 5) is 14.2. The summed E-state index contributed by atoms with van der Waals surface area (Å²) in [5.74, 6) is 0.0244. The standard InChI is InChI=1S/C17H25N3O/c1-11(21)16-10-12(6-7-17(16)18)19-13-8-14-4-3-5-15(9-13)20(14)2/h6-7,10,13-15,19H,3-5,8-9,18H2,1-2H3. The van der Waals surface area contributed by atoms with E-state index in [1.54, 1.807) is 6.92 Å². The van der Waals surface area contributed by atoms with Crippen LogP contribution >= 0.6 is 0 Å². The Morgan fingerprint density at radius 1 is 1.29 bits per heavy atom. The molecule has 2 unspecified atom stereocenters. The third kappa shape index (κ3) is 2.91. The predicted octanol–water partition coefficient (Wildman–Crippen LogP) is 2.90. The fourth-order valence-corrected chi connectivity index (χ4v) is 3.92. The summed E-state index contributed by atoms with van der Waals surface area (Å²) in [6.45, 7) is 1.56. The summed E-state index contributed by atoms with van der Waals surface area (Å²) >= 11 is 0. The van der Waals surface area contributed by atoms with Crippen molar-refractivity contribution in [2.45, 2.75) is 57.2 Å². The highest BCUT2D eigenvalue weighted by Crippen LogP contribution is 2.34. The van der Waals surface area contributed by atoms with Gasteiger partial charge >= 0.3 is 0 Å². The molecule has 2 aliphatic heterocycles. The second-order valence-electron chi connectivity index (χ2n) is 6.57. The highest BCUT2D eigenvalue weighted by atomic mass is 16.1. The van der Waals surface area contributed by atoms with E-state index >= 15 is 0 Å². The van der Waals surface area contributed by atoms with Crippen LogP contribution in [0.1, 0.15) is 49.4 Å². The number of carbonyl (C=O) groups excluding carboxylic acids is 1. The van der Waals surface area contributed by atoms with E-state index in [0.717, 1.165) is 5.69 Å². The molecule has 1 aromatic carbocycles. The highest BCUT2D eigenvalue weighted by molar-refractivity contribution is 6.00. The molecule has 4 nitrogen and oxygen atoms in total. The molecule has 0 spiro atoms. The summed E-state index contributed by atoms with van der Waals surface area (Å²) in [7, 11) is 2.27. The molecule has 2 bridgehead atoms. The van der Waals surface area contributed by atoms with Gasteiger partial charge in [0.1, 0.15) is 0 Å². The Kier molecular flexibility index (Phi) is 3.89. The monoisotopic (exact) mass is 287 g/mol. The Morgan fingerprint density at radius 2 is 1.95 bits per heavy atom. The lowest BCUT2D eigenvalue weighted by Gasteiger charge is -2.47. The highest BCUT2D eigenvalue weighted by Gasteiger charge is 2.35. The first-order valence-electron chi connectivity index (χ1n) is 7.93. The number of ketones is 1. The molecule has 0 saturated carbocycles. The fourth-order valence-electron chi connectivity index (χ4n) is 3.92. The molecule has 0 aliphatic carbocycles. The summed E-state index contributed by atoms with van der Waals surface area (Å²) in [6.07, 6.45) is 6.36. The van der Waals surface area contributed by atoms with Crippen LogP contribution in [0.25, 0.3) is 0 Å². The number of nitrogens with two attached hydrogens (primary N) is 1. The number of Topliss-reactive ketones (excluding diaryl/α,β-unsaturated/α-hetero) is 1. The summed E-state index contributed by atoms with van der Waals surface area (Å²) < 4.78 is 0. The van der Waals surface area contributed by atoms with Gasteiger partial charge in [-0.2, -0.15) is 0 Å². The van der Waals surface area contributed by atoms with Crippen LogP contribution in [0.5, 0.6) is 0 Å². The van der Waals surface area contributed by atoms with E-state index in [-0.39, 0.29) is 5.78 Å². The van der Waals surface area contributed by atoms with Crippen molar-refractivity contribution in [1.82, 2.24) is 4.90 Å². The minimum Gasteiger partial charge on any atom is -0.398 e. The molecular weight excluding hydrogens is 262 g/mol. The Labute approximate surface area is 126 Å². The number of nitrogen functional groups attached to an aromatic ring is 1. The van der Waals surface area contributed by atoms with E-state index < -0.39 is 0 Å². The van der Waals surface area contributed by atoms with Crippen LogP contribution in [-0.4, -0.2) is 35.9 Å². The van der Waals surface area contributed by atoms with Crippen LogP contribution in [-0.2, 0) is 0 Å². The van der Waals surface area contributed by atoms with Gasteiger partial charge in [0.05, 0.1) is 0 Å². The van der Waals surface area contributed by atoms with Gasteiger partial charge < -0.3 is 16.0 Å². The van der Waals surface area contributed by atoms with E-state index in [1.807, 2.05) is 18.2 Å². The molecular formula is C17H25N3O. The van der Waals surface area contributed by atoms with Gasteiger partial charge in [-0.1, -0.05) is 6.42 Å². The number of fused-ring (bicyclic) bond motifs is 2. The van der Waals surface area contributed by atoms with E-state index in [9.17, 15) is 4.79 Å². The number of hydrogen-bond donors (Lipinski definition) is 2. The Balaban J connectivity index is 1.72. The molecule has 0 radical (unpaired) electrons. The zero-order valence-electron chi connectivity index (χ0n) is 12.9. The van der Waals surface area contributed by atoms with Gasteiger partial charge in [-0.25, -0.2) is 0 Å². The summed E-state index contributed by atoms with van der Waals surface area (Å²) in [5.41, 5.74) is 8.06. The summed E-state index contributed by atoms with van der Waals surface area (Å²) in [5, 5.41) is 3.62. The molecule has 21 heavy (non-hydrogen) atoms. The zero-order valence-corrected chi connectivity index (χ0v) is 12.9. The number of nitrogens with one attached hydrogen (secondary N) is 1. The molecule has 1 aromatic rings. The average molecular weight is 287 g/mol. The third-order valence-corrected chi connectivity index (χ3v) is 5.14. The number of anilines is 2. The normalized spacial score (nSPS) is 29.1. The molecule has 2 saturated heterocycles. The SMILES string of the molecule is CC(=O)c1cc(NC2CC3CCCC(C2)N3C)ccc1N. The van der Waals surface area contributed by atoms with Crippen molar-refractivity contribution in [3.05, 3.63) is 23.8 Å². The molecule has 3 rings (SSSR count). The van der Waals surface area contributed by atoms with Crippen LogP contribution in [0.4, 0.5) is 11.4 Å². The predicted molar refractivity (Wildman–Crippen MR) is 86.7 cm³/mol. The lowest BCUT2D eigenvalue weighted by molar-refractivity contribution is 0.0608. The smallest absolute Gasteiger partial charge is 0.161 e. The van der Waals surface area contributed by atoms with E-state index in [0.29, 0.717) is 29.4 Å². The van der Waals surface area contributed by atoms with Crippen LogP contribution in [0.15, 0.2) is 18.2 Å². The maximum Gasteiger partial charge on any atom is 0.161 e. The van der Waals surface area contributed by atoms with Crippen LogP contribution in [0.3, 0.4) is 0 Å². The number of rotatable bonds is 3. The van der Waals surface area contributed by atoms with Gasteiger partial charge in [-0.05, 0) is 57.9 Å². The summed E-state index contributed by atoms with van der Waals surface area (Å²) in [6, 6.07) is 7.61. The van der Waals surface area contributed by atoms with Gasteiger partial charge in [-0.3, -0.25) is 4.79 Å². The van der Waals surface area contributed by atoms with Crippen molar-refractivity contribution in [3.8, 4) is 0 Å². The number of carbonyl (C=O) groups is 1. The zero-order chi connectivity index (χ0) is 15.0. The number of benzene rings is 1. The molecule has 114 valence electrons. The molecule has 2 fully saturated rings. The number of nitrogens with zero attached hydrogens (tertiary/aromatic N) is 1. The minimum atomic E-state index is 0.0244. The van der Waals surface area contributed by atoms with Crippen LogP contribution < -0.4 is 11.1 Å². The second kappa shape index (κ2) is 5.68. The first kappa shape index (κ1) is 14.4. The van der Waals surface area contributed by atoms with Crippen molar-refractivity contribution in [1.29, 1.82) is 0 Å². The third-order valence-electron chi connectivity index (χ3n) is 5.14. The van der Waals surface area contributed by atoms with Crippen molar-refractivity contribution >= 4 is 17.2 Å². The molecule has 0 amide bonds. The largest absolute Gasteiger partial charge is 0.398 e. The number of piperidine rings is 2. The van der Waals surface area contributed by atoms with E-state index in [4.69, 9.17) is 5.73 Å². The Bertz CT molecular complexity index is 529. The molecule has 2 aliphatic rings. The Morgan fingerprint density at radius 3 is 2.57 bits per heavy atom. The van der Waals surface area contributed by atoms with Crippen molar-refractivity contribution in [2.75, 3.05) is 18.1 Å². The first-order chi connectivity index (χ1) is 10.0. The van der Waals surface area contributed by atoms with Gasteiger partial charge in [0.2, 0.25) is 0 Å².